The van der Waals surface area contributed by atoms with E-state index in [1.807, 2.05) is 41.5 Å². The van der Waals surface area contributed by atoms with Crippen molar-refractivity contribution in [1.29, 1.82) is 0 Å². The van der Waals surface area contributed by atoms with Crippen LogP contribution in [0, 0.1) is 0 Å². The molecule has 0 radical (unpaired) electrons. The molecule has 4 nitrogen and oxygen atoms in total. The number of allylic oxidation sites excluding steroid dienone is 4. The van der Waals surface area contributed by atoms with Crippen LogP contribution in [0.1, 0.15) is 79.7 Å². The minimum Gasteiger partial charge on any atom is -0.494 e. The fraction of sp³-hybridized carbons (Fsp3) is 0.514. The first-order chi connectivity index (χ1) is 19.9. The number of hydrogen-bond donors (Lipinski definition) is 0. The summed E-state index contributed by atoms with van der Waals surface area (Å²) in [7, 11) is 0. The van der Waals surface area contributed by atoms with Gasteiger partial charge in [-0.15, -0.1) is 6.58 Å². The van der Waals surface area contributed by atoms with Gasteiger partial charge in [0.25, 0.3) is 0 Å². The zero-order valence-electron chi connectivity index (χ0n) is 27.8. The van der Waals surface area contributed by atoms with Crippen molar-refractivity contribution in [3.05, 3.63) is 97.9 Å². The van der Waals surface area contributed by atoms with E-state index in [-0.39, 0.29) is 0 Å². The maximum Gasteiger partial charge on any atom is 0.119 e. The Labute approximate surface area is 254 Å². The molecule has 0 N–H and O–H groups in total. The summed E-state index contributed by atoms with van der Waals surface area (Å²) in [5.41, 5.74) is 4.85. The Bertz CT molecular complexity index is 888. The molecular weight excluding hydrogens is 504 g/mol. The van der Waals surface area contributed by atoms with E-state index in [2.05, 4.69) is 67.8 Å². The largest absolute Gasteiger partial charge is 0.494 e. The molecule has 0 saturated carbocycles. The molecule has 4 heteroatoms. The summed E-state index contributed by atoms with van der Waals surface area (Å²) >= 11 is 0. The number of nitrogens with zero attached hydrogens (tertiary/aromatic N) is 2. The Morgan fingerprint density at radius 2 is 1.54 bits per heavy atom. The quantitative estimate of drug-likeness (QED) is 0.109. The smallest absolute Gasteiger partial charge is 0.119 e. The summed E-state index contributed by atoms with van der Waals surface area (Å²) in [6.07, 6.45) is 13.0. The molecule has 2 aliphatic rings. The molecule has 1 aromatic rings. The lowest BCUT2D eigenvalue weighted by Crippen LogP contribution is -2.31. The molecule has 232 valence electrons. The highest BCUT2D eigenvalue weighted by molar-refractivity contribution is 5.61. The van der Waals surface area contributed by atoms with Gasteiger partial charge in [-0.2, -0.15) is 0 Å². The van der Waals surface area contributed by atoms with Crippen LogP contribution >= 0.6 is 0 Å². The molecule has 0 unspecified atom stereocenters. The summed E-state index contributed by atoms with van der Waals surface area (Å²) in [6, 6.07) is 6.56. The number of piperidine rings is 1. The van der Waals surface area contributed by atoms with E-state index < -0.39 is 0 Å². The molecule has 41 heavy (non-hydrogen) atoms. The molecule has 0 atom stereocenters. The maximum absolute atomic E-state index is 6.05. The first-order valence-electron chi connectivity index (χ1n) is 15.5. The lowest BCUT2D eigenvalue weighted by atomic mass is 10.1. The molecule has 3 rings (SSSR count). The topological polar surface area (TPSA) is 24.9 Å². The number of likely N-dealkylation sites (tertiary alicyclic amines) is 1. The minimum absolute atomic E-state index is 0.502. The average Bonchev–Trinajstić information content (AvgIpc) is 3.42. The molecule has 0 spiro atoms. The Kier molecular flexibility index (Phi) is 26.6. The number of ether oxygens (including phenoxy) is 2. The maximum atomic E-state index is 6.05. The number of fused-ring (bicyclic) bond motifs is 1. The molecule has 1 fully saturated rings. The van der Waals surface area contributed by atoms with Crippen molar-refractivity contribution < 1.29 is 9.47 Å². The van der Waals surface area contributed by atoms with Crippen molar-refractivity contribution in [2.75, 3.05) is 50.8 Å². The first kappa shape index (κ1) is 40.2. The third-order valence-electron chi connectivity index (χ3n) is 6.34. The average molecular weight is 567 g/mol. The van der Waals surface area contributed by atoms with Crippen LogP contribution in [0.2, 0.25) is 0 Å². The van der Waals surface area contributed by atoms with Crippen LogP contribution in [0.3, 0.4) is 0 Å². The van der Waals surface area contributed by atoms with Crippen molar-refractivity contribution >= 4 is 5.69 Å². The minimum atomic E-state index is 0.502. The standard InChI is InChI=1S/C26H38N2O2.C4H6.C3H6.2C2H6/c1-5-21(2)20-30-23(4)22(3)19-28-16-12-24-18-25(10-11-26(24)28)29-17-9-15-27-13-7-6-8-14-27;1-3-4-2;1-3-2;2*1-2/h5,10-11,18H,1-2,6-9,12-17,19-20H2,3-4H3;3-4H,1-2H2;3H,1H2,2H3;2*1-2H3/b23-22-;;;;. The van der Waals surface area contributed by atoms with E-state index in [0.29, 0.717) is 6.61 Å². The predicted molar refractivity (Wildman–Crippen MR) is 185 cm³/mol. The lowest BCUT2D eigenvalue weighted by Gasteiger charge is -2.26. The van der Waals surface area contributed by atoms with E-state index in [4.69, 9.17) is 9.47 Å². The molecule has 1 aromatic carbocycles. The van der Waals surface area contributed by atoms with Gasteiger partial charge in [0, 0.05) is 25.3 Å². The van der Waals surface area contributed by atoms with E-state index in [1.165, 1.54) is 49.2 Å². The zero-order chi connectivity index (χ0) is 31.5. The molecule has 0 aromatic heterocycles. The third kappa shape index (κ3) is 18.1. The predicted octanol–water partition coefficient (Wildman–Crippen LogP) is 9.96. The van der Waals surface area contributed by atoms with Crippen LogP contribution < -0.4 is 9.64 Å². The number of rotatable bonds is 12. The van der Waals surface area contributed by atoms with Crippen LogP contribution in [-0.4, -0.2) is 50.8 Å². The fourth-order valence-corrected chi connectivity index (χ4v) is 4.14. The second kappa shape index (κ2) is 27.2. The van der Waals surface area contributed by atoms with Gasteiger partial charge >= 0.3 is 0 Å². The van der Waals surface area contributed by atoms with Gasteiger partial charge in [0.05, 0.1) is 12.4 Å². The molecule has 0 amide bonds. The second-order valence-electron chi connectivity index (χ2n) is 9.43. The van der Waals surface area contributed by atoms with E-state index >= 15 is 0 Å². The van der Waals surface area contributed by atoms with Gasteiger partial charge in [0.15, 0.2) is 0 Å². The van der Waals surface area contributed by atoms with E-state index in [0.717, 1.165) is 56.2 Å². The third-order valence-corrected chi connectivity index (χ3v) is 6.34. The highest BCUT2D eigenvalue weighted by Crippen LogP contribution is 2.32. The highest BCUT2D eigenvalue weighted by Gasteiger charge is 2.20. The van der Waals surface area contributed by atoms with Crippen LogP contribution in [0.4, 0.5) is 5.69 Å². The molecular formula is C37H62N2O2. The number of hydrogen-bond acceptors (Lipinski definition) is 4. The zero-order valence-corrected chi connectivity index (χ0v) is 27.8. The van der Waals surface area contributed by atoms with Crippen LogP contribution in [0.15, 0.2) is 92.3 Å². The van der Waals surface area contributed by atoms with Gasteiger partial charge in [-0.05, 0) is 94.5 Å². The van der Waals surface area contributed by atoms with E-state index in [9.17, 15) is 0 Å². The Balaban J connectivity index is 0. The second-order valence-corrected chi connectivity index (χ2v) is 9.43. The van der Waals surface area contributed by atoms with Crippen molar-refractivity contribution in [3.63, 3.8) is 0 Å². The normalized spacial score (nSPS) is 13.8. The van der Waals surface area contributed by atoms with Gasteiger partial charge in [-0.1, -0.05) is 84.7 Å². The molecule has 1 saturated heterocycles. The van der Waals surface area contributed by atoms with Crippen molar-refractivity contribution in [1.82, 2.24) is 4.90 Å². The van der Waals surface area contributed by atoms with Crippen LogP contribution in [0.5, 0.6) is 5.75 Å². The highest BCUT2D eigenvalue weighted by atomic mass is 16.5. The van der Waals surface area contributed by atoms with Gasteiger partial charge in [-0.25, -0.2) is 0 Å². The first-order valence-corrected chi connectivity index (χ1v) is 15.5. The van der Waals surface area contributed by atoms with Crippen LogP contribution in [0.25, 0.3) is 0 Å². The molecule has 2 aliphatic heterocycles. The summed E-state index contributed by atoms with van der Waals surface area (Å²) in [4.78, 5) is 5.00. The summed E-state index contributed by atoms with van der Waals surface area (Å²) < 4.78 is 11.9. The monoisotopic (exact) mass is 566 g/mol. The SMILES string of the molecule is C=CC.C=CC(=C)CO/C(C)=C(/C)CN1CCc2cc(OCCCN3CCCCC3)ccc21.C=CC=C.CC.CC. The molecule has 0 bridgehead atoms. The Morgan fingerprint density at radius 1 is 0.927 bits per heavy atom. The fourth-order valence-electron chi connectivity index (χ4n) is 4.14. The summed E-state index contributed by atoms with van der Waals surface area (Å²) in [6.45, 7) is 38.7. The number of benzene rings is 1. The van der Waals surface area contributed by atoms with Gasteiger partial charge in [-0.3, -0.25) is 0 Å². The van der Waals surface area contributed by atoms with Gasteiger partial charge < -0.3 is 19.3 Å². The van der Waals surface area contributed by atoms with Gasteiger partial charge in [0.2, 0.25) is 0 Å². The van der Waals surface area contributed by atoms with Crippen molar-refractivity contribution in [2.24, 2.45) is 0 Å². The summed E-state index contributed by atoms with van der Waals surface area (Å²) in [5, 5.41) is 0. The molecule has 0 aliphatic carbocycles. The lowest BCUT2D eigenvalue weighted by molar-refractivity contribution is 0.205. The van der Waals surface area contributed by atoms with Crippen molar-refractivity contribution in [2.45, 2.75) is 80.6 Å². The van der Waals surface area contributed by atoms with E-state index in [1.54, 1.807) is 24.3 Å². The summed E-state index contributed by atoms with van der Waals surface area (Å²) in [5.74, 6) is 1.98. The van der Waals surface area contributed by atoms with Crippen LogP contribution in [-0.2, 0) is 11.2 Å². The Morgan fingerprint density at radius 3 is 2.10 bits per heavy atom. The van der Waals surface area contributed by atoms with Gasteiger partial charge in [0.1, 0.15) is 12.4 Å². The number of anilines is 1. The Hall–Kier alpha value is -2.98. The molecule has 2 heterocycles. The van der Waals surface area contributed by atoms with Crippen molar-refractivity contribution in [3.8, 4) is 5.75 Å².